The number of aliphatic hydroxyl groups excluding tert-OH is 3. The van der Waals surface area contributed by atoms with E-state index in [1.807, 2.05) is 0 Å². The molecule has 0 heterocycles. The van der Waals surface area contributed by atoms with E-state index in [0.29, 0.717) is 6.42 Å². The Balaban J connectivity index is 4.56. The van der Waals surface area contributed by atoms with Crippen LogP contribution in [0.25, 0.3) is 0 Å². The lowest BCUT2D eigenvalue weighted by Gasteiger charge is -2.31. The van der Waals surface area contributed by atoms with Gasteiger partial charge in [-0.3, -0.25) is 9.59 Å². The molecule has 0 fully saturated rings. The second kappa shape index (κ2) is 12.0. The molecule has 0 radical (unpaired) electrons. The highest BCUT2D eigenvalue weighted by Crippen LogP contribution is 2.19. The van der Waals surface area contributed by atoms with Crippen molar-refractivity contribution in [1.82, 2.24) is 0 Å². The number of amides is 2. The number of allylic oxidation sites excluding steroid dienone is 1. The average molecular weight is 360 g/mol. The largest absolute Gasteiger partial charge is 0.387 e. The monoisotopic (exact) mass is 360 g/mol. The fourth-order valence-electron chi connectivity index (χ4n) is 2.41. The minimum absolute atomic E-state index is 0.546. The van der Waals surface area contributed by atoms with Crippen molar-refractivity contribution in [3.63, 3.8) is 0 Å². The van der Waals surface area contributed by atoms with Gasteiger partial charge in [0.05, 0.1) is 0 Å². The lowest BCUT2D eigenvalue weighted by molar-refractivity contribution is -0.164. The van der Waals surface area contributed by atoms with Crippen molar-refractivity contribution < 1.29 is 30.0 Å². The molecule has 0 spiro atoms. The zero-order valence-corrected chi connectivity index (χ0v) is 14.8. The Kier molecular flexibility index (Phi) is 11.3. The first-order valence-electron chi connectivity index (χ1n) is 8.72. The molecule has 146 valence electrons. The molecule has 0 bridgehead atoms. The summed E-state index contributed by atoms with van der Waals surface area (Å²) < 4.78 is 0. The second-order valence-electron chi connectivity index (χ2n) is 6.28. The molecule has 0 aliphatic rings. The van der Waals surface area contributed by atoms with E-state index in [0.717, 1.165) is 25.3 Å². The fourth-order valence-corrected chi connectivity index (χ4v) is 2.41. The van der Waals surface area contributed by atoms with Crippen LogP contribution in [0.2, 0.25) is 0 Å². The Morgan fingerprint density at radius 3 is 2.00 bits per heavy atom. The molecule has 0 aliphatic carbocycles. The molecule has 4 unspecified atom stereocenters. The average Bonchev–Trinajstić information content (AvgIpc) is 2.57. The zero-order valence-electron chi connectivity index (χ0n) is 14.8. The van der Waals surface area contributed by atoms with Gasteiger partial charge in [-0.1, -0.05) is 51.5 Å². The van der Waals surface area contributed by atoms with Crippen LogP contribution in [-0.4, -0.2) is 56.2 Å². The maximum absolute atomic E-state index is 11.5. The van der Waals surface area contributed by atoms with Crippen LogP contribution in [0.3, 0.4) is 0 Å². The molecule has 0 saturated carbocycles. The van der Waals surface area contributed by atoms with Crippen molar-refractivity contribution >= 4 is 11.8 Å². The summed E-state index contributed by atoms with van der Waals surface area (Å²) in [5, 5.41) is 39.2. The summed E-state index contributed by atoms with van der Waals surface area (Å²) in [6.45, 7) is 2.15. The summed E-state index contributed by atoms with van der Waals surface area (Å²) in [4.78, 5) is 22.3. The van der Waals surface area contributed by atoms with Crippen LogP contribution in [0.5, 0.6) is 0 Å². The molecule has 2 amide bonds. The number of unbranched alkanes of at least 4 members (excludes halogenated alkanes) is 7. The van der Waals surface area contributed by atoms with Crippen molar-refractivity contribution in [2.24, 2.45) is 11.5 Å². The first kappa shape index (κ1) is 23.5. The van der Waals surface area contributed by atoms with Crippen molar-refractivity contribution in [2.45, 2.75) is 82.2 Å². The van der Waals surface area contributed by atoms with Gasteiger partial charge in [-0.05, 0) is 18.9 Å². The number of hydrogen-bond donors (Lipinski definition) is 6. The molecule has 0 aliphatic heterocycles. The van der Waals surface area contributed by atoms with Gasteiger partial charge in [-0.25, -0.2) is 0 Å². The third-order valence-electron chi connectivity index (χ3n) is 4.13. The van der Waals surface area contributed by atoms with Crippen molar-refractivity contribution in [1.29, 1.82) is 0 Å². The van der Waals surface area contributed by atoms with Gasteiger partial charge in [-0.15, -0.1) is 0 Å². The fraction of sp³-hybridized carbons (Fsp3) is 0.765. The first-order chi connectivity index (χ1) is 11.7. The van der Waals surface area contributed by atoms with Crippen LogP contribution in [0.1, 0.15) is 58.3 Å². The molecule has 0 aromatic heterocycles. The molecule has 8 N–H and O–H groups in total. The van der Waals surface area contributed by atoms with Crippen LogP contribution < -0.4 is 11.5 Å². The summed E-state index contributed by atoms with van der Waals surface area (Å²) in [6.07, 6.45) is 4.22. The topological polar surface area (TPSA) is 167 Å². The predicted molar refractivity (Wildman–Crippen MR) is 93.1 cm³/mol. The van der Waals surface area contributed by atoms with Crippen molar-refractivity contribution in [3.8, 4) is 0 Å². The minimum Gasteiger partial charge on any atom is -0.387 e. The highest BCUT2D eigenvalue weighted by Gasteiger charge is 2.46. The van der Waals surface area contributed by atoms with E-state index in [9.17, 15) is 30.0 Å². The maximum Gasteiger partial charge on any atom is 0.256 e. The summed E-state index contributed by atoms with van der Waals surface area (Å²) in [7, 11) is 0. The third-order valence-corrected chi connectivity index (χ3v) is 4.13. The number of rotatable bonds is 14. The van der Waals surface area contributed by atoms with Gasteiger partial charge in [0.1, 0.15) is 12.2 Å². The maximum atomic E-state index is 11.5. The zero-order chi connectivity index (χ0) is 19.5. The van der Waals surface area contributed by atoms with E-state index in [1.54, 1.807) is 0 Å². The Labute approximate surface area is 148 Å². The molecule has 0 aromatic carbocycles. The van der Waals surface area contributed by atoms with E-state index in [4.69, 9.17) is 11.5 Å². The molecule has 4 atom stereocenters. The Hall–Kier alpha value is -1.48. The molecule has 0 saturated heterocycles. The standard InChI is InChI=1S/C17H32N2O6/c1-2-3-4-5-6-7-8-9-10-11-17(25,16(19)24)14(22)12(20)13(21)15(18)23/h10-14,20-22,25H,2-9H2,1H3,(H2,18,23)(H2,19,24)/b11-10+. The minimum atomic E-state index is -2.61. The molecule has 8 heteroatoms. The van der Waals surface area contributed by atoms with Crippen LogP contribution in [-0.2, 0) is 9.59 Å². The third kappa shape index (κ3) is 7.96. The molecule has 8 nitrogen and oxygen atoms in total. The van der Waals surface area contributed by atoms with Crippen molar-refractivity contribution in [2.75, 3.05) is 0 Å². The molecule has 0 aromatic rings. The molecular formula is C17H32N2O6. The van der Waals surface area contributed by atoms with Gasteiger partial charge >= 0.3 is 0 Å². The van der Waals surface area contributed by atoms with Crippen LogP contribution >= 0.6 is 0 Å². The number of hydrogen-bond acceptors (Lipinski definition) is 6. The number of aliphatic hydroxyl groups is 4. The van der Waals surface area contributed by atoms with Gasteiger partial charge in [0.15, 0.2) is 11.7 Å². The van der Waals surface area contributed by atoms with E-state index in [1.165, 1.54) is 31.8 Å². The lowest BCUT2D eigenvalue weighted by Crippen LogP contribution is -2.60. The summed E-state index contributed by atoms with van der Waals surface area (Å²) >= 11 is 0. The van der Waals surface area contributed by atoms with Gasteiger partial charge in [0.25, 0.3) is 5.91 Å². The summed E-state index contributed by atoms with van der Waals surface area (Å²) in [6, 6.07) is 0. The number of carbonyl (C=O) groups is 2. The lowest BCUT2D eigenvalue weighted by atomic mass is 9.88. The number of nitrogens with two attached hydrogens (primary N) is 2. The van der Waals surface area contributed by atoms with Gasteiger partial charge in [0, 0.05) is 0 Å². The van der Waals surface area contributed by atoms with Crippen LogP contribution in [0, 0.1) is 0 Å². The normalized spacial score (nSPS) is 17.8. The highest BCUT2D eigenvalue weighted by molar-refractivity contribution is 5.87. The van der Waals surface area contributed by atoms with Gasteiger partial charge < -0.3 is 31.9 Å². The predicted octanol–water partition coefficient (Wildman–Crippen LogP) is -0.532. The smallest absolute Gasteiger partial charge is 0.256 e. The van der Waals surface area contributed by atoms with Crippen molar-refractivity contribution in [3.05, 3.63) is 12.2 Å². The number of primary amides is 2. The van der Waals surface area contributed by atoms with Crippen LogP contribution in [0.15, 0.2) is 12.2 Å². The number of carbonyl (C=O) groups excluding carboxylic acids is 2. The van der Waals surface area contributed by atoms with E-state index < -0.39 is 35.7 Å². The Bertz CT molecular complexity index is 443. The van der Waals surface area contributed by atoms with Gasteiger partial charge in [0.2, 0.25) is 5.91 Å². The summed E-state index contributed by atoms with van der Waals surface area (Å²) in [5.74, 6) is -2.61. The van der Waals surface area contributed by atoms with E-state index in [2.05, 4.69) is 6.92 Å². The van der Waals surface area contributed by atoms with Gasteiger partial charge in [-0.2, -0.15) is 0 Å². The highest BCUT2D eigenvalue weighted by atomic mass is 16.4. The summed E-state index contributed by atoms with van der Waals surface area (Å²) in [5.41, 5.74) is 7.29. The van der Waals surface area contributed by atoms with Crippen LogP contribution in [0.4, 0.5) is 0 Å². The molecule has 0 rings (SSSR count). The SMILES string of the molecule is CCCCCCCCC/C=C/C(O)(C(N)=O)C(O)C(O)C(O)C(N)=O. The van der Waals surface area contributed by atoms with E-state index >= 15 is 0 Å². The Morgan fingerprint density at radius 1 is 1.00 bits per heavy atom. The van der Waals surface area contributed by atoms with E-state index in [-0.39, 0.29) is 0 Å². The first-order valence-corrected chi connectivity index (χ1v) is 8.72. The molecule has 25 heavy (non-hydrogen) atoms. The second-order valence-corrected chi connectivity index (χ2v) is 6.28. The molecular weight excluding hydrogens is 328 g/mol. The Morgan fingerprint density at radius 2 is 1.52 bits per heavy atom. The quantitative estimate of drug-likeness (QED) is 0.180.